The molecule has 0 bridgehead atoms. The summed E-state index contributed by atoms with van der Waals surface area (Å²) < 4.78 is 0. The number of pyridine rings is 1. The first-order valence-corrected chi connectivity index (χ1v) is 7.42. The summed E-state index contributed by atoms with van der Waals surface area (Å²) in [7, 11) is 2.09. The molecule has 1 aromatic heterocycles. The molecule has 0 aliphatic carbocycles. The average molecular weight is 293 g/mol. The quantitative estimate of drug-likeness (QED) is 0.592. The molecule has 116 valence electrons. The van der Waals surface area contributed by atoms with E-state index in [9.17, 15) is 10.1 Å². The van der Waals surface area contributed by atoms with Crippen molar-refractivity contribution in [2.24, 2.45) is 5.92 Å². The predicted octanol–water partition coefficient (Wildman–Crippen LogP) is 2.18. The van der Waals surface area contributed by atoms with Crippen LogP contribution in [0.15, 0.2) is 12.1 Å². The van der Waals surface area contributed by atoms with E-state index >= 15 is 0 Å². The Morgan fingerprint density at radius 1 is 1.48 bits per heavy atom. The second-order valence-corrected chi connectivity index (χ2v) is 5.55. The van der Waals surface area contributed by atoms with Crippen LogP contribution in [0.3, 0.4) is 0 Å². The van der Waals surface area contributed by atoms with Crippen LogP contribution in [0.4, 0.5) is 17.3 Å². The number of aromatic nitrogens is 1. The van der Waals surface area contributed by atoms with Crippen LogP contribution in [-0.2, 0) is 0 Å². The fourth-order valence-corrected chi connectivity index (χ4v) is 2.51. The van der Waals surface area contributed by atoms with E-state index in [4.69, 9.17) is 0 Å². The van der Waals surface area contributed by atoms with E-state index in [0.29, 0.717) is 17.6 Å². The van der Waals surface area contributed by atoms with Crippen LogP contribution in [0.25, 0.3) is 0 Å². The van der Waals surface area contributed by atoms with Gasteiger partial charge in [0, 0.05) is 25.7 Å². The normalized spacial score (nSPS) is 18.7. The van der Waals surface area contributed by atoms with E-state index in [1.807, 2.05) is 0 Å². The van der Waals surface area contributed by atoms with Gasteiger partial charge in [0.1, 0.15) is 5.82 Å². The molecule has 1 atom stereocenters. The second-order valence-electron chi connectivity index (χ2n) is 5.55. The Labute approximate surface area is 124 Å². The Morgan fingerprint density at radius 3 is 2.90 bits per heavy atom. The summed E-state index contributed by atoms with van der Waals surface area (Å²) in [4.78, 5) is 17.3. The SMILES string of the molecule is CCCNc1ccc([N+](=O)[O-])c(NCC2CCN(C)C2)n1. The molecular weight excluding hydrogens is 270 g/mol. The minimum absolute atomic E-state index is 0.0309. The van der Waals surface area contributed by atoms with Gasteiger partial charge in [-0.15, -0.1) is 0 Å². The Kier molecular flexibility index (Phi) is 5.32. The first kappa shape index (κ1) is 15.5. The van der Waals surface area contributed by atoms with Crippen LogP contribution < -0.4 is 10.6 Å². The first-order valence-electron chi connectivity index (χ1n) is 7.42. The van der Waals surface area contributed by atoms with E-state index in [1.165, 1.54) is 6.07 Å². The van der Waals surface area contributed by atoms with Gasteiger partial charge >= 0.3 is 5.69 Å². The van der Waals surface area contributed by atoms with Crippen LogP contribution in [0, 0.1) is 16.0 Å². The van der Waals surface area contributed by atoms with Crippen molar-refractivity contribution in [2.75, 3.05) is 43.9 Å². The molecule has 1 aromatic rings. The van der Waals surface area contributed by atoms with Crippen molar-refractivity contribution < 1.29 is 4.92 Å². The smallest absolute Gasteiger partial charge is 0.311 e. The largest absolute Gasteiger partial charge is 0.370 e. The molecule has 1 aliphatic heterocycles. The monoisotopic (exact) mass is 293 g/mol. The Balaban J connectivity index is 2.05. The van der Waals surface area contributed by atoms with Crippen molar-refractivity contribution in [2.45, 2.75) is 19.8 Å². The standard InChI is InChI=1S/C14H23N5O2/c1-3-7-15-13-5-4-12(19(20)21)14(17-13)16-9-11-6-8-18(2)10-11/h4-5,11H,3,6-10H2,1-2H3,(H2,15,16,17). The van der Waals surface area contributed by atoms with Gasteiger partial charge in [-0.2, -0.15) is 0 Å². The molecule has 2 N–H and O–H groups in total. The molecule has 2 rings (SSSR count). The highest BCUT2D eigenvalue weighted by molar-refractivity contribution is 5.60. The van der Waals surface area contributed by atoms with Crippen molar-refractivity contribution in [1.29, 1.82) is 0 Å². The fourth-order valence-electron chi connectivity index (χ4n) is 2.51. The Morgan fingerprint density at radius 2 is 2.29 bits per heavy atom. The molecule has 0 spiro atoms. The van der Waals surface area contributed by atoms with Crippen molar-refractivity contribution in [3.63, 3.8) is 0 Å². The van der Waals surface area contributed by atoms with Crippen LogP contribution in [0.1, 0.15) is 19.8 Å². The van der Waals surface area contributed by atoms with Crippen LogP contribution in [-0.4, -0.2) is 48.0 Å². The van der Waals surface area contributed by atoms with E-state index in [0.717, 1.165) is 39.0 Å². The third-order valence-corrected chi connectivity index (χ3v) is 3.67. The number of nitrogens with zero attached hydrogens (tertiary/aromatic N) is 3. The summed E-state index contributed by atoms with van der Waals surface area (Å²) in [6, 6.07) is 3.16. The van der Waals surface area contributed by atoms with Gasteiger partial charge in [0.25, 0.3) is 0 Å². The maximum absolute atomic E-state index is 11.1. The molecular formula is C14H23N5O2. The summed E-state index contributed by atoms with van der Waals surface area (Å²) in [6.07, 6.45) is 2.10. The summed E-state index contributed by atoms with van der Waals surface area (Å²) in [5.41, 5.74) is 0.0309. The van der Waals surface area contributed by atoms with E-state index in [-0.39, 0.29) is 10.6 Å². The zero-order valence-corrected chi connectivity index (χ0v) is 12.6. The molecule has 1 fully saturated rings. The molecule has 21 heavy (non-hydrogen) atoms. The molecule has 1 saturated heterocycles. The zero-order valence-electron chi connectivity index (χ0n) is 12.6. The molecule has 2 heterocycles. The number of likely N-dealkylation sites (tertiary alicyclic amines) is 1. The molecule has 1 unspecified atom stereocenters. The van der Waals surface area contributed by atoms with Gasteiger partial charge in [-0.3, -0.25) is 10.1 Å². The van der Waals surface area contributed by atoms with E-state index in [2.05, 4.69) is 34.5 Å². The maximum atomic E-state index is 11.1. The highest BCUT2D eigenvalue weighted by atomic mass is 16.6. The summed E-state index contributed by atoms with van der Waals surface area (Å²) in [5, 5.41) is 17.4. The van der Waals surface area contributed by atoms with E-state index in [1.54, 1.807) is 6.07 Å². The first-order chi connectivity index (χ1) is 10.1. The molecule has 1 aliphatic rings. The molecule has 0 saturated carbocycles. The predicted molar refractivity (Wildman–Crippen MR) is 83.8 cm³/mol. The lowest BCUT2D eigenvalue weighted by molar-refractivity contribution is -0.384. The number of hydrogen-bond acceptors (Lipinski definition) is 6. The fraction of sp³-hybridized carbons (Fsp3) is 0.643. The lowest BCUT2D eigenvalue weighted by Gasteiger charge is -2.13. The third-order valence-electron chi connectivity index (χ3n) is 3.67. The molecule has 0 radical (unpaired) electrons. The third kappa shape index (κ3) is 4.29. The molecule has 7 nitrogen and oxygen atoms in total. The minimum Gasteiger partial charge on any atom is -0.370 e. The number of rotatable bonds is 7. The van der Waals surface area contributed by atoms with Crippen molar-refractivity contribution >= 4 is 17.3 Å². The summed E-state index contributed by atoms with van der Waals surface area (Å²) in [6.45, 7) is 5.69. The van der Waals surface area contributed by atoms with Gasteiger partial charge in [0.15, 0.2) is 0 Å². The lowest BCUT2D eigenvalue weighted by Crippen LogP contribution is -2.20. The van der Waals surface area contributed by atoms with Crippen molar-refractivity contribution in [3.8, 4) is 0 Å². The minimum atomic E-state index is -0.389. The van der Waals surface area contributed by atoms with Crippen LogP contribution >= 0.6 is 0 Å². The Bertz CT molecular complexity index is 494. The Hall–Kier alpha value is -1.89. The van der Waals surface area contributed by atoms with Gasteiger partial charge in [-0.1, -0.05) is 6.92 Å². The van der Waals surface area contributed by atoms with E-state index < -0.39 is 0 Å². The van der Waals surface area contributed by atoms with Crippen molar-refractivity contribution in [1.82, 2.24) is 9.88 Å². The lowest BCUT2D eigenvalue weighted by atomic mass is 10.1. The molecule has 7 heteroatoms. The molecule has 0 amide bonds. The van der Waals surface area contributed by atoms with Crippen LogP contribution in [0.5, 0.6) is 0 Å². The van der Waals surface area contributed by atoms with Gasteiger partial charge in [-0.05, 0) is 38.4 Å². The number of nitrogens with one attached hydrogen (secondary N) is 2. The van der Waals surface area contributed by atoms with Gasteiger partial charge in [-0.25, -0.2) is 4.98 Å². The summed E-state index contributed by atoms with van der Waals surface area (Å²) in [5.74, 6) is 1.55. The second kappa shape index (κ2) is 7.21. The highest BCUT2D eigenvalue weighted by Crippen LogP contribution is 2.25. The summed E-state index contributed by atoms with van der Waals surface area (Å²) >= 11 is 0. The maximum Gasteiger partial charge on any atom is 0.311 e. The molecule has 0 aromatic carbocycles. The number of hydrogen-bond donors (Lipinski definition) is 2. The van der Waals surface area contributed by atoms with Gasteiger partial charge in [0.05, 0.1) is 4.92 Å². The van der Waals surface area contributed by atoms with Crippen LogP contribution in [0.2, 0.25) is 0 Å². The highest BCUT2D eigenvalue weighted by Gasteiger charge is 2.21. The number of nitro groups is 1. The topological polar surface area (TPSA) is 83.3 Å². The zero-order chi connectivity index (χ0) is 15.2. The van der Waals surface area contributed by atoms with Crippen molar-refractivity contribution in [3.05, 3.63) is 22.2 Å². The van der Waals surface area contributed by atoms with Gasteiger partial charge in [0.2, 0.25) is 5.82 Å². The average Bonchev–Trinajstić information content (AvgIpc) is 2.88. The number of anilines is 2. The van der Waals surface area contributed by atoms with Gasteiger partial charge < -0.3 is 15.5 Å².